The summed E-state index contributed by atoms with van der Waals surface area (Å²) < 4.78 is 0. The Balaban J connectivity index is 3.25. The number of carboxylic acids is 1. The molecule has 0 spiro atoms. The number of nitrogens with two attached hydrogens (primary N) is 1. The van der Waals surface area contributed by atoms with Gasteiger partial charge in [-0.15, -0.1) is 0 Å². The van der Waals surface area contributed by atoms with Crippen LogP contribution in [0.25, 0.3) is 0 Å². The molecule has 0 amide bonds. The maximum Gasteiger partial charge on any atom is 0.339 e. The van der Waals surface area contributed by atoms with E-state index in [2.05, 4.69) is 4.84 Å². The van der Waals surface area contributed by atoms with E-state index >= 15 is 0 Å². The van der Waals surface area contributed by atoms with Crippen molar-refractivity contribution in [2.45, 2.75) is 6.92 Å². The van der Waals surface area contributed by atoms with Gasteiger partial charge in [0, 0.05) is 5.56 Å². The quantitative estimate of drug-likeness (QED) is 0.551. The predicted molar refractivity (Wildman–Crippen MR) is 48.2 cm³/mol. The zero-order chi connectivity index (χ0) is 10.7. The Kier molecular flexibility index (Phi) is 2.83. The third-order valence-corrected chi connectivity index (χ3v) is 1.75. The standard InChI is InChI=1S/C9H9NO4/c1-5(11)6-2-3-7(9(12)13)8(4-6)14-10/h2-4H,10H2,1H3,(H,12,13). The van der Waals surface area contributed by atoms with Crippen LogP contribution >= 0.6 is 0 Å². The summed E-state index contributed by atoms with van der Waals surface area (Å²) in [6, 6.07) is 3.99. The van der Waals surface area contributed by atoms with Crippen LogP contribution in [-0.4, -0.2) is 16.9 Å². The van der Waals surface area contributed by atoms with Crippen molar-refractivity contribution in [3.05, 3.63) is 29.3 Å². The van der Waals surface area contributed by atoms with Gasteiger partial charge in [0.05, 0.1) is 0 Å². The highest BCUT2D eigenvalue weighted by molar-refractivity contribution is 5.97. The van der Waals surface area contributed by atoms with Crippen LogP contribution in [0.1, 0.15) is 27.6 Å². The summed E-state index contributed by atoms with van der Waals surface area (Å²) in [6.07, 6.45) is 0. The summed E-state index contributed by atoms with van der Waals surface area (Å²) in [5, 5.41) is 8.71. The molecule has 1 aromatic carbocycles. The van der Waals surface area contributed by atoms with Crippen molar-refractivity contribution in [1.29, 1.82) is 0 Å². The lowest BCUT2D eigenvalue weighted by Gasteiger charge is -2.04. The van der Waals surface area contributed by atoms with Gasteiger partial charge in [-0.1, -0.05) is 6.07 Å². The third-order valence-electron chi connectivity index (χ3n) is 1.75. The minimum absolute atomic E-state index is 0.0230. The molecule has 5 heteroatoms. The molecule has 3 N–H and O–H groups in total. The number of benzene rings is 1. The minimum Gasteiger partial charge on any atom is -0.478 e. The molecule has 0 atom stereocenters. The second kappa shape index (κ2) is 3.89. The lowest BCUT2D eigenvalue weighted by atomic mass is 10.1. The van der Waals surface area contributed by atoms with E-state index in [1.165, 1.54) is 25.1 Å². The maximum atomic E-state index is 11.0. The Bertz CT molecular complexity index is 386. The van der Waals surface area contributed by atoms with Crippen LogP contribution in [-0.2, 0) is 0 Å². The average molecular weight is 195 g/mol. The predicted octanol–water partition coefficient (Wildman–Crippen LogP) is 0.840. The number of ketones is 1. The summed E-state index contributed by atoms with van der Waals surface area (Å²) in [6.45, 7) is 1.37. The SMILES string of the molecule is CC(=O)c1ccc(C(=O)O)c(ON)c1. The van der Waals surface area contributed by atoms with Gasteiger partial charge in [-0.2, -0.15) is 5.90 Å². The van der Waals surface area contributed by atoms with E-state index in [0.29, 0.717) is 5.56 Å². The molecule has 0 aliphatic carbocycles. The van der Waals surface area contributed by atoms with Gasteiger partial charge >= 0.3 is 5.97 Å². The van der Waals surface area contributed by atoms with Gasteiger partial charge in [0.2, 0.25) is 0 Å². The summed E-state index contributed by atoms with van der Waals surface area (Å²) in [5.41, 5.74) is 0.285. The Hall–Kier alpha value is -1.88. The first kappa shape index (κ1) is 10.2. The van der Waals surface area contributed by atoms with Crippen LogP contribution in [0.2, 0.25) is 0 Å². The monoisotopic (exact) mass is 195 g/mol. The first-order valence-corrected chi connectivity index (χ1v) is 3.81. The molecule has 0 aromatic heterocycles. The highest BCUT2D eigenvalue weighted by Gasteiger charge is 2.12. The van der Waals surface area contributed by atoms with Crippen molar-refractivity contribution < 1.29 is 19.5 Å². The normalized spacial score (nSPS) is 9.57. The van der Waals surface area contributed by atoms with Gasteiger partial charge in [-0.3, -0.25) is 4.79 Å². The summed E-state index contributed by atoms with van der Waals surface area (Å²) in [4.78, 5) is 26.0. The van der Waals surface area contributed by atoms with Crippen LogP contribution in [0.4, 0.5) is 0 Å². The zero-order valence-electron chi connectivity index (χ0n) is 7.48. The highest BCUT2D eigenvalue weighted by atomic mass is 16.6. The van der Waals surface area contributed by atoms with E-state index < -0.39 is 5.97 Å². The van der Waals surface area contributed by atoms with E-state index in [0.717, 1.165) is 0 Å². The molecule has 0 fully saturated rings. The van der Waals surface area contributed by atoms with Crippen molar-refractivity contribution in [1.82, 2.24) is 0 Å². The topological polar surface area (TPSA) is 89.6 Å². The van der Waals surface area contributed by atoms with Crippen molar-refractivity contribution in [2.75, 3.05) is 0 Å². The molecule has 5 nitrogen and oxygen atoms in total. The van der Waals surface area contributed by atoms with E-state index in [1.54, 1.807) is 0 Å². The van der Waals surface area contributed by atoms with Gasteiger partial charge in [-0.25, -0.2) is 4.79 Å². The van der Waals surface area contributed by atoms with Crippen LogP contribution in [0, 0.1) is 0 Å². The summed E-state index contributed by atoms with van der Waals surface area (Å²) >= 11 is 0. The Morgan fingerprint density at radius 1 is 1.43 bits per heavy atom. The summed E-state index contributed by atoms with van der Waals surface area (Å²) in [7, 11) is 0. The molecule has 74 valence electrons. The fraction of sp³-hybridized carbons (Fsp3) is 0.111. The van der Waals surface area contributed by atoms with Gasteiger partial charge in [-0.05, 0) is 19.1 Å². The Morgan fingerprint density at radius 2 is 2.07 bits per heavy atom. The van der Waals surface area contributed by atoms with Crippen LogP contribution in [0.15, 0.2) is 18.2 Å². The lowest BCUT2D eigenvalue weighted by molar-refractivity contribution is 0.0691. The van der Waals surface area contributed by atoms with Gasteiger partial charge in [0.1, 0.15) is 5.56 Å². The molecule has 0 heterocycles. The van der Waals surface area contributed by atoms with Gasteiger partial charge in [0.15, 0.2) is 11.5 Å². The molecule has 0 bridgehead atoms. The van der Waals surface area contributed by atoms with E-state index in [4.69, 9.17) is 11.0 Å². The Labute approximate surface area is 80.1 Å². The van der Waals surface area contributed by atoms with E-state index in [1.807, 2.05) is 0 Å². The number of rotatable bonds is 3. The maximum absolute atomic E-state index is 11.0. The summed E-state index contributed by atoms with van der Waals surface area (Å²) in [5.74, 6) is 3.53. The van der Waals surface area contributed by atoms with E-state index in [-0.39, 0.29) is 17.1 Å². The molecule has 0 saturated heterocycles. The number of carboxylic acid groups (broad SMARTS) is 1. The first-order valence-electron chi connectivity index (χ1n) is 3.81. The third kappa shape index (κ3) is 1.89. The minimum atomic E-state index is -1.15. The zero-order valence-corrected chi connectivity index (χ0v) is 7.48. The number of aromatic carboxylic acids is 1. The molecule has 0 unspecified atom stereocenters. The number of hydrogen-bond donors (Lipinski definition) is 2. The number of carbonyl (C=O) groups is 2. The second-order valence-corrected chi connectivity index (χ2v) is 2.69. The van der Waals surface area contributed by atoms with Crippen LogP contribution in [0.3, 0.4) is 0 Å². The van der Waals surface area contributed by atoms with Crippen LogP contribution in [0.5, 0.6) is 5.75 Å². The van der Waals surface area contributed by atoms with Crippen molar-refractivity contribution in [3.63, 3.8) is 0 Å². The lowest BCUT2D eigenvalue weighted by Crippen LogP contribution is -2.09. The van der Waals surface area contributed by atoms with Crippen molar-refractivity contribution in [3.8, 4) is 5.75 Å². The van der Waals surface area contributed by atoms with Crippen molar-refractivity contribution >= 4 is 11.8 Å². The molecule has 1 aromatic rings. The van der Waals surface area contributed by atoms with Gasteiger partial charge in [0.25, 0.3) is 0 Å². The first-order chi connectivity index (χ1) is 6.56. The number of Topliss-reactive ketones (excluding diaryl/α,β-unsaturated/α-hetero) is 1. The van der Waals surface area contributed by atoms with Gasteiger partial charge < -0.3 is 9.94 Å². The average Bonchev–Trinajstić information content (AvgIpc) is 2.16. The second-order valence-electron chi connectivity index (χ2n) is 2.69. The fourth-order valence-corrected chi connectivity index (χ4v) is 1.02. The van der Waals surface area contributed by atoms with E-state index in [9.17, 15) is 9.59 Å². The Morgan fingerprint density at radius 3 is 2.50 bits per heavy atom. The fourth-order valence-electron chi connectivity index (χ4n) is 1.02. The largest absolute Gasteiger partial charge is 0.478 e. The van der Waals surface area contributed by atoms with Crippen LogP contribution < -0.4 is 10.7 Å². The molecule has 0 aliphatic rings. The molecule has 0 aliphatic heterocycles. The smallest absolute Gasteiger partial charge is 0.339 e. The molecule has 0 saturated carbocycles. The number of hydrogen-bond acceptors (Lipinski definition) is 4. The number of carbonyl (C=O) groups excluding carboxylic acids is 1. The van der Waals surface area contributed by atoms with Crippen molar-refractivity contribution in [2.24, 2.45) is 5.90 Å². The highest BCUT2D eigenvalue weighted by Crippen LogP contribution is 2.19. The molecule has 14 heavy (non-hydrogen) atoms. The molecule has 1 rings (SSSR count). The molecular formula is C9H9NO4. The molecule has 0 radical (unpaired) electrons. The molecular weight excluding hydrogens is 186 g/mol.